The molecule has 0 amide bonds. The lowest BCUT2D eigenvalue weighted by atomic mass is 9.85. The smallest absolute Gasteiger partial charge is 0.100 e. The molecule has 0 unspecified atom stereocenters. The van der Waals surface area contributed by atoms with Crippen LogP contribution in [-0.2, 0) is 0 Å². The molecule has 2 aliphatic carbocycles. The predicted molar refractivity (Wildman–Crippen MR) is 88.0 cm³/mol. The van der Waals surface area contributed by atoms with Crippen LogP contribution in [0.2, 0.25) is 0 Å². The minimum Gasteiger partial charge on any atom is -0.247 e. The van der Waals surface area contributed by atoms with Gasteiger partial charge in [-0.2, -0.15) is 0 Å². The molecular weight excluding hydrogens is 294 g/mol. The van der Waals surface area contributed by atoms with E-state index < -0.39 is 12.3 Å². The fourth-order valence-corrected chi connectivity index (χ4v) is 7.55. The van der Waals surface area contributed by atoms with Crippen molar-refractivity contribution < 1.29 is 8.78 Å². The van der Waals surface area contributed by atoms with Gasteiger partial charge in [0, 0.05) is 9.49 Å². The van der Waals surface area contributed by atoms with Crippen molar-refractivity contribution in [1.82, 2.24) is 0 Å². The molecule has 0 radical (unpaired) electrons. The largest absolute Gasteiger partial charge is 0.247 e. The van der Waals surface area contributed by atoms with Crippen molar-refractivity contribution >= 4 is 21.6 Å². The summed E-state index contributed by atoms with van der Waals surface area (Å²) in [6.45, 7) is 4.48. The van der Waals surface area contributed by atoms with Crippen molar-refractivity contribution in [2.24, 2.45) is 0 Å². The molecule has 0 spiro atoms. The Morgan fingerprint density at radius 2 is 1.05 bits per heavy atom. The van der Waals surface area contributed by atoms with E-state index in [1.807, 2.05) is 21.6 Å². The van der Waals surface area contributed by atoms with Crippen molar-refractivity contribution in [3.8, 4) is 0 Å². The maximum atomic E-state index is 13.4. The quantitative estimate of drug-likeness (QED) is 0.531. The van der Waals surface area contributed by atoms with Crippen LogP contribution in [0.4, 0.5) is 8.78 Å². The third kappa shape index (κ3) is 4.06. The van der Waals surface area contributed by atoms with Gasteiger partial charge >= 0.3 is 0 Å². The molecule has 2 rings (SSSR count). The zero-order valence-electron chi connectivity index (χ0n) is 12.8. The van der Waals surface area contributed by atoms with Crippen LogP contribution in [0.15, 0.2) is 0 Å². The summed E-state index contributed by atoms with van der Waals surface area (Å²) in [5.74, 6) is 0. The molecule has 0 bridgehead atoms. The number of halogens is 2. The molecule has 0 aromatic rings. The Morgan fingerprint density at radius 3 is 1.30 bits per heavy atom. The summed E-state index contributed by atoms with van der Waals surface area (Å²) in [7, 11) is 4.01. The molecule has 2 fully saturated rings. The third-order valence-electron chi connectivity index (χ3n) is 5.34. The van der Waals surface area contributed by atoms with Crippen LogP contribution >= 0.6 is 21.6 Å². The average Bonchev–Trinajstić information content (AvgIpc) is 2.49. The van der Waals surface area contributed by atoms with Crippen LogP contribution in [0.3, 0.4) is 0 Å². The number of alkyl halides is 2. The third-order valence-corrected chi connectivity index (χ3v) is 9.89. The summed E-state index contributed by atoms with van der Waals surface area (Å²) in [5.41, 5.74) is 0. The summed E-state index contributed by atoms with van der Waals surface area (Å²) in [6, 6.07) is 0. The van der Waals surface area contributed by atoms with Crippen LogP contribution in [0.25, 0.3) is 0 Å². The standard InChI is InChI=1S/C16H28F2S2/c1-3-15(9-5-13(17)6-10-15)19-20-16(4-2)11-7-14(18)8-12-16/h13-14H,3-12H2,1-2H3. The lowest BCUT2D eigenvalue weighted by molar-refractivity contribution is 0.219. The first kappa shape index (κ1) is 16.9. The van der Waals surface area contributed by atoms with E-state index in [1.165, 1.54) is 0 Å². The highest BCUT2D eigenvalue weighted by Crippen LogP contribution is 2.56. The van der Waals surface area contributed by atoms with Gasteiger partial charge in [0.1, 0.15) is 12.3 Å². The van der Waals surface area contributed by atoms with Gasteiger partial charge in [0.05, 0.1) is 0 Å². The molecule has 20 heavy (non-hydrogen) atoms. The van der Waals surface area contributed by atoms with E-state index in [1.54, 1.807) is 0 Å². The Balaban J connectivity index is 1.91. The second-order valence-corrected chi connectivity index (χ2v) is 9.65. The molecule has 0 aliphatic heterocycles. The number of rotatable bonds is 5. The molecule has 2 saturated carbocycles. The Kier molecular flexibility index (Phi) is 6.10. The van der Waals surface area contributed by atoms with Gasteiger partial charge < -0.3 is 0 Å². The first-order valence-electron chi connectivity index (χ1n) is 8.18. The molecule has 0 aromatic carbocycles. The second kappa shape index (κ2) is 7.21. The van der Waals surface area contributed by atoms with E-state index in [-0.39, 0.29) is 9.49 Å². The number of hydrogen-bond donors (Lipinski definition) is 0. The summed E-state index contributed by atoms with van der Waals surface area (Å²) < 4.78 is 27.3. The van der Waals surface area contributed by atoms with Crippen LogP contribution in [0.5, 0.6) is 0 Å². The normalized spacial score (nSPS) is 42.6. The first-order valence-corrected chi connectivity index (χ1v) is 10.3. The minimum atomic E-state index is -0.581. The molecule has 0 aromatic heterocycles. The Morgan fingerprint density at radius 1 is 0.750 bits per heavy atom. The summed E-state index contributed by atoms with van der Waals surface area (Å²) in [6.07, 6.45) is 8.04. The van der Waals surface area contributed by atoms with Gasteiger partial charge in [0.25, 0.3) is 0 Å². The molecule has 0 atom stereocenters. The molecular formula is C16H28F2S2. The Labute approximate surface area is 130 Å². The van der Waals surface area contributed by atoms with Crippen molar-refractivity contribution in [1.29, 1.82) is 0 Å². The van der Waals surface area contributed by atoms with Gasteiger partial charge in [-0.25, -0.2) is 8.78 Å². The zero-order chi connectivity index (χ0) is 14.6. The number of hydrogen-bond acceptors (Lipinski definition) is 2. The van der Waals surface area contributed by atoms with Crippen LogP contribution in [0.1, 0.15) is 78.1 Å². The molecule has 118 valence electrons. The van der Waals surface area contributed by atoms with E-state index in [2.05, 4.69) is 13.8 Å². The highest BCUT2D eigenvalue weighted by Gasteiger charge is 2.40. The van der Waals surface area contributed by atoms with E-state index in [4.69, 9.17) is 0 Å². The Bertz CT molecular complexity index is 263. The van der Waals surface area contributed by atoms with E-state index in [9.17, 15) is 8.78 Å². The monoisotopic (exact) mass is 322 g/mol. The van der Waals surface area contributed by atoms with E-state index >= 15 is 0 Å². The van der Waals surface area contributed by atoms with Gasteiger partial charge in [-0.3, -0.25) is 0 Å². The first-order chi connectivity index (χ1) is 9.53. The molecule has 0 heterocycles. The maximum Gasteiger partial charge on any atom is 0.100 e. The van der Waals surface area contributed by atoms with Crippen molar-refractivity contribution in [2.75, 3.05) is 0 Å². The minimum absolute atomic E-state index is 0.266. The fraction of sp³-hybridized carbons (Fsp3) is 1.00. The Hall–Kier alpha value is 0.560. The summed E-state index contributed by atoms with van der Waals surface area (Å²) in [4.78, 5) is 0. The molecule has 0 N–H and O–H groups in total. The second-order valence-electron chi connectivity index (χ2n) is 6.59. The maximum absolute atomic E-state index is 13.4. The van der Waals surface area contributed by atoms with Gasteiger partial charge in [-0.1, -0.05) is 35.4 Å². The van der Waals surface area contributed by atoms with Crippen LogP contribution in [0, 0.1) is 0 Å². The van der Waals surface area contributed by atoms with Crippen molar-refractivity contribution in [3.05, 3.63) is 0 Å². The van der Waals surface area contributed by atoms with Gasteiger partial charge in [0.15, 0.2) is 0 Å². The van der Waals surface area contributed by atoms with Gasteiger partial charge in [-0.15, -0.1) is 0 Å². The average molecular weight is 323 g/mol. The van der Waals surface area contributed by atoms with Crippen molar-refractivity contribution in [2.45, 2.75) is 99.9 Å². The van der Waals surface area contributed by atoms with Gasteiger partial charge in [0.2, 0.25) is 0 Å². The molecule has 0 saturated heterocycles. The topological polar surface area (TPSA) is 0 Å². The van der Waals surface area contributed by atoms with Gasteiger partial charge in [-0.05, 0) is 64.2 Å². The zero-order valence-corrected chi connectivity index (χ0v) is 14.4. The van der Waals surface area contributed by atoms with Crippen LogP contribution in [-0.4, -0.2) is 21.8 Å². The summed E-state index contributed by atoms with van der Waals surface area (Å²) in [5, 5.41) is 0. The molecule has 2 aliphatic rings. The van der Waals surface area contributed by atoms with Crippen LogP contribution < -0.4 is 0 Å². The molecule has 4 heteroatoms. The SMILES string of the molecule is CCC1(SSC2(CC)CCC(F)CC2)CCC(F)CC1. The predicted octanol–water partition coefficient (Wildman–Crippen LogP) is 6.49. The molecule has 0 nitrogen and oxygen atoms in total. The highest BCUT2D eigenvalue weighted by atomic mass is 33.1. The fourth-order valence-electron chi connectivity index (χ4n) is 3.39. The summed E-state index contributed by atoms with van der Waals surface area (Å²) >= 11 is 0. The van der Waals surface area contributed by atoms with E-state index in [0.717, 1.165) is 64.2 Å². The lowest BCUT2D eigenvalue weighted by Gasteiger charge is -2.42. The van der Waals surface area contributed by atoms with Crippen molar-refractivity contribution in [3.63, 3.8) is 0 Å². The lowest BCUT2D eigenvalue weighted by Crippen LogP contribution is -2.34. The highest BCUT2D eigenvalue weighted by molar-refractivity contribution is 8.77. The van der Waals surface area contributed by atoms with E-state index in [0.29, 0.717) is 0 Å².